The zero-order valence-electron chi connectivity index (χ0n) is 10.5. The number of likely N-dealkylation sites (tertiary alicyclic amines) is 1. The van der Waals surface area contributed by atoms with Crippen LogP contribution in [0.3, 0.4) is 0 Å². The lowest BCUT2D eigenvalue weighted by atomic mass is 10.1. The van der Waals surface area contributed by atoms with Crippen LogP contribution in [0, 0.1) is 0 Å². The van der Waals surface area contributed by atoms with Gasteiger partial charge in [0.25, 0.3) is 6.43 Å². The van der Waals surface area contributed by atoms with Crippen LogP contribution in [0.1, 0.15) is 30.4 Å². The van der Waals surface area contributed by atoms with Gasteiger partial charge in [-0.25, -0.2) is 8.78 Å². The number of nitrogens with one attached hydrogen (secondary N) is 1. The highest BCUT2D eigenvalue weighted by atomic mass is 19.3. The van der Waals surface area contributed by atoms with Gasteiger partial charge in [-0.15, -0.1) is 0 Å². The Labute approximate surface area is 107 Å². The quantitative estimate of drug-likeness (QED) is 0.785. The van der Waals surface area contributed by atoms with Crippen molar-refractivity contribution in [3.05, 3.63) is 35.4 Å². The van der Waals surface area contributed by atoms with Crippen LogP contribution in [0.5, 0.6) is 0 Å². The van der Waals surface area contributed by atoms with Crippen LogP contribution in [0.25, 0.3) is 0 Å². The molecule has 0 unspecified atom stereocenters. The summed E-state index contributed by atoms with van der Waals surface area (Å²) in [5.41, 5.74) is 1.03. The SMILES string of the molecule is FC(F)c1cccc(CNCCN2CCCC2)c1. The van der Waals surface area contributed by atoms with E-state index in [0.29, 0.717) is 6.54 Å². The van der Waals surface area contributed by atoms with Crippen molar-refractivity contribution in [2.24, 2.45) is 0 Å². The molecule has 2 nitrogen and oxygen atoms in total. The van der Waals surface area contributed by atoms with Crippen LogP contribution in [-0.2, 0) is 6.54 Å². The molecule has 1 fully saturated rings. The fourth-order valence-electron chi connectivity index (χ4n) is 2.31. The summed E-state index contributed by atoms with van der Waals surface area (Å²) in [7, 11) is 0. The normalized spacial score (nSPS) is 16.6. The second kappa shape index (κ2) is 6.81. The van der Waals surface area contributed by atoms with Gasteiger partial charge >= 0.3 is 0 Å². The van der Waals surface area contributed by atoms with E-state index in [1.54, 1.807) is 12.1 Å². The molecular weight excluding hydrogens is 234 g/mol. The highest BCUT2D eigenvalue weighted by Crippen LogP contribution is 2.19. The molecule has 0 amide bonds. The Hall–Kier alpha value is -1.00. The van der Waals surface area contributed by atoms with Crippen molar-refractivity contribution in [1.82, 2.24) is 10.2 Å². The summed E-state index contributed by atoms with van der Waals surface area (Å²) in [4.78, 5) is 2.43. The first-order valence-corrected chi connectivity index (χ1v) is 6.56. The smallest absolute Gasteiger partial charge is 0.263 e. The molecule has 0 atom stereocenters. The Morgan fingerprint density at radius 3 is 2.72 bits per heavy atom. The van der Waals surface area contributed by atoms with Crippen LogP contribution < -0.4 is 5.32 Å². The van der Waals surface area contributed by atoms with E-state index in [-0.39, 0.29) is 5.56 Å². The van der Waals surface area contributed by atoms with Gasteiger partial charge in [0.05, 0.1) is 0 Å². The average molecular weight is 254 g/mol. The minimum Gasteiger partial charge on any atom is -0.311 e. The molecule has 1 heterocycles. The third kappa shape index (κ3) is 4.03. The molecule has 1 aliphatic heterocycles. The van der Waals surface area contributed by atoms with Gasteiger partial charge in [0.1, 0.15) is 0 Å². The minimum absolute atomic E-state index is 0.105. The molecule has 1 aromatic rings. The Morgan fingerprint density at radius 1 is 1.22 bits per heavy atom. The highest BCUT2D eigenvalue weighted by molar-refractivity contribution is 5.24. The van der Waals surface area contributed by atoms with Crippen LogP contribution in [0.2, 0.25) is 0 Å². The number of halogens is 2. The molecule has 1 aliphatic rings. The summed E-state index contributed by atoms with van der Waals surface area (Å²) in [6, 6.07) is 6.62. The molecule has 0 aliphatic carbocycles. The molecule has 2 rings (SSSR count). The topological polar surface area (TPSA) is 15.3 Å². The molecule has 1 N–H and O–H groups in total. The van der Waals surface area contributed by atoms with Crippen molar-refractivity contribution < 1.29 is 8.78 Å². The maximum atomic E-state index is 12.5. The Bertz CT molecular complexity index is 363. The molecule has 0 saturated carbocycles. The van der Waals surface area contributed by atoms with Crippen molar-refractivity contribution in [3.8, 4) is 0 Å². The lowest BCUT2D eigenvalue weighted by molar-refractivity contribution is 0.151. The third-order valence-electron chi connectivity index (χ3n) is 3.34. The Morgan fingerprint density at radius 2 is 2.00 bits per heavy atom. The van der Waals surface area contributed by atoms with Crippen molar-refractivity contribution in [3.63, 3.8) is 0 Å². The molecular formula is C14H20F2N2. The molecule has 0 bridgehead atoms. The summed E-state index contributed by atoms with van der Waals surface area (Å²) >= 11 is 0. The average Bonchev–Trinajstić information content (AvgIpc) is 2.88. The minimum atomic E-state index is -2.38. The summed E-state index contributed by atoms with van der Waals surface area (Å²) < 4.78 is 25.0. The van der Waals surface area contributed by atoms with E-state index < -0.39 is 6.43 Å². The standard InChI is InChI=1S/C14H20F2N2/c15-14(16)13-5-3-4-12(10-13)11-17-6-9-18-7-1-2-8-18/h3-5,10,14,17H,1-2,6-9,11H2. The Kier molecular flexibility index (Phi) is 5.08. The van der Waals surface area contributed by atoms with Gasteiger partial charge in [-0.1, -0.05) is 18.2 Å². The zero-order valence-corrected chi connectivity index (χ0v) is 10.5. The predicted octanol–water partition coefficient (Wildman–Crippen LogP) is 2.81. The lowest BCUT2D eigenvalue weighted by Crippen LogP contribution is -2.29. The van der Waals surface area contributed by atoms with E-state index in [4.69, 9.17) is 0 Å². The molecule has 100 valence electrons. The maximum absolute atomic E-state index is 12.5. The highest BCUT2D eigenvalue weighted by Gasteiger charge is 2.10. The molecule has 4 heteroatoms. The number of hydrogen-bond donors (Lipinski definition) is 1. The van der Waals surface area contributed by atoms with Gasteiger partial charge in [-0.3, -0.25) is 0 Å². The second-order valence-electron chi connectivity index (χ2n) is 4.77. The number of benzene rings is 1. The maximum Gasteiger partial charge on any atom is 0.263 e. The summed E-state index contributed by atoms with van der Waals surface area (Å²) in [6.07, 6.45) is 0.224. The third-order valence-corrected chi connectivity index (χ3v) is 3.34. The van der Waals surface area contributed by atoms with Crippen molar-refractivity contribution in [2.45, 2.75) is 25.8 Å². The van der Waals surface area contributed by atoms with E-state index in [2.05, 4.69) is 10.2 Å². The summed E-state index contributed by atoms with van der Waals surface area (Å²) in [6.45, 7) is 5.02. The molecule has 1 saturated heterocycles. The van der Waals surface area contributed by atoms with E-state index in [1.807, 2.05) is 6.07 Å². The van der Waals surface area contributed by atoms with Crippen LogP contribution >= 0.6 is 0 Å². The van der Waals surface area contributed by atoms with Crippen molar-refractivity contribution in [1.29, 1.82) is 0 Å². The Balaban J connectivity index is 1.70. The van der Waals surface area contributed by atoms with Crippen molar-refractivity contribution in [2.75, 3.05) is 26.2 Å². The molecule has 0 spiro atoms. The molecule has 0 aromatic heterocycles. The van der Waals surface area contributed by atoms with E-state index in [9.17, 15) is 8.78 Å². The molecule has 0 radical (unpaired) electrons. The second-order valence-corrected chi connectivity index (χ2v) is 4.77. The number of hydrogen-bond acceptors (Lipinski definition) is 2. The van der Waals surface area contributed by atoms with Crippen molar-refractivity contribution >= 4 is 0 Å². The first kappa shape index (κ1) is 13.4. The van der Waals surface area contributed by atoms with Crippen LogP contribution in [0.15, 0.2) is 24.3 Å². The fraction of sp³-hybridized carbons (Fsp3) is 0.571. The number of nitrogens with zero attached hydrogens (tertiary/aromatic N) is 1. The van der Waals surface area contributed by atoms with Crippen LogP contribution in [-0.4, -0.2) is 31.1 Å². The van der Waals surface area contributed by atoms with Gasteiger partial charge in [0.2, 0.25) is 0 Å². The van der Waals surface area contributed by atoms with Gasteiger partial charge in [0, 0.05) is 25.2 Å². The van der Waals surface area contributed by atoms with E-state index in [0.717, 1.165) is 18.7 Å². The summed E-state index contributed by atoms with van der Waals surface area (Å²) in [5, 5.41) is 3.31. The first-order chi connectivity index (χ1) is 8.75. The number of alkyl halides is 2. The monoisotopic (exact) mass is 254 g/mol. The van der Waals surface area contributed by atoms with Gasteiger partial charge in [0.15, 0.2) is 0 Å². The fourth-order valence-corrected chi connectivity index (χ4v) is 2.31. The number of rotatable bonds is 6. The molecule has 18 heavy (non-hydrogen) atoms. The zero-order chi connectivity index (χ0) is 12.8. The van der Waals surface area contributed by atoms with E-state index in [1.165, 1.54) is 32.0 Å². The predicted molar refractivity (Wildman–Crippen MR) is 68.8 cm³/mol. The van der Waals surface area contributed by atoms with Crippen LogP contribution in [0.4, 0.5) is 8.78 Å². The first-order valence-electron chi connectivity index (χ1n) is 6.56. The summed E-state index contributed by atoms with van der Waals surface area (Å²) in [5.74, 6) is 0. The van der Waals surface area contributed by atoms with E-state index >= 15 is 0 Å². The van der Waals surface area contributed by atoms with Gasteiger partial charge in [-0.05, 0) is 37.6 Å². The van der Waals surface area contributed by atoms with Gasteiger partial charge < -0.3 is 10.2 Å². The molecule has 1 aromatic carbocycles. The lowest BCUT2D eigenvalue weighted by Gasteiger charge is -2.14. The van der Waals surface area contributed by atoms with Gasteiger partial charge in [-0.2, -0.15) is 0 Å². The largest absolute Gasteiger partial charge is 0.311 e.